The van der Waals surface area contributed by atoms with Gasteiger partial charge in [0.05, 0.1) is 5.60 Å². The van der Waals surface area contributed by atoms with Crippen molar-refractivity contribution in [3.8, 4) is 0 Å². The fourth-order valence-corrected chi connectivity index (χ4v) is 5.31. The third kappa shape index (κ3) is 2.99. The molecule has 1 aliphatic heterocycles. The summed E-state index contributed by atoms with van der Waals surface area (Å²) in [6.45, 7) is 5.90. The number of carbonyl (C=O) groups excluding carboxylic acids is 1. The first kappa shape index (κ1) is 16.1. The van der Waals surface area contributed by atoms with Crippen molar-refractivity contribution in [3.63, 3.8) is 0 Å². The molecule has 3 heteroatoms. The van der Waals surface area contributed by atoms with E-state index in [1.54, 1.807) is 0 Å². The van der Waals surface area contributed by atoms with Crippen molar-refractivity contribution in [1.29, 1.82) is 0 Å². The molecular weight excluding hydrogens is 298 g/mol. The predicted molar refractivity (Wildman–Crippen MR) is 94.6 cm³/mol. The predicted octanol–water partition coefficient (Wildman–Crippen LogP) is 3.33. The van der Waals surface area contributed by atoms with E-state index in [1.807, 2.05) is 6.92 Å². The van der Waals surface area contributed by atoms with Gasteiger partial charge in [0.15, 0.2) is 0 Å². The number of benzene rings is 1. The van der Waals surface area contributed by atoms with Gasteiger partial charge in [-0.3, -0.25) is 4.79 Å². The molecule has 1 spiro atoms. The summed E-state index contributed by atoms with van der Waals surface area (Å²) < 4.78 is 0. The summed E-state index contributed by atoms with van der Waals surface area (Å²) in [5.74, 6) is 1.13. The monoisotopic (exact) mass is 327 g/mol. The van der Waals surface area contributed by atoms with Gasteiger partial charge in [-0.15, -0.1) is 0 Å². The molecule has 0 radical (unpaired) electrons. The van der Waals surface area contributed by atoms with Crippen molar-refractivity contribution in [3.05, 3.63) is 35.4 Å². The van der Waals surface area contributed by atoms with Gasteiger partial charge >= 0.3 is 0 Å². The molecule has 1 saturated heterocycles. The minimum atomic E-state index is -0.602. The average Bonchev–Trinajstić information content (AvgIpc) is 2.86. The van der Waals surface area contributed by atoms with E-state index < -0.39 is 5.60 Å². The van der Waals surface area contributed by atoms with Crippen LogP contribution in [0.5, 0.6) is 0 Å². The highest BCUT2D eigenvalue weighted by molar-refractivity contribution is 5.81. The standard InChI is InChI=1S/C21H29NO2/c1-15-4-3-5-16(8-15)9-17-6-7-21(10-17)13-22(14-21)19(23)18-11-20(2,24)12-18/h3-5,8,17-18,24H,6-7,9-14H2,1-2H3. The molecule has 1 amide bonds. The van der Waals surface area contributed by atoms with Crippen molar-refractivity contribution in [1.82, 2.24) is 4.90 Å². The van der Waals surface area contributed by atoms with Gasteiger partial charge in [-0.2, -0.15) is 0 Å². The van der Waals surface area contributed by atoms with Gasteiger partial charge in [0.2, 0.25) is 5.91 Å². The van der Waals surface area contributed by atoms with Crippen LogP contribution in [0.3, 0.4) is 0 Å². The molecule has 1 aromatic carbocycles. The quantitative estimate of drug-likeness (QED) is 0.925. The van der Waals surface area contributed by atoms with Crippen LogP contribution in [-0.4, -0.2) is 34.6 Å². The van der Waals surface area contributed by atoms with Crippen LogP contribution in [0.1, 0.15) is 50.2 Å². The van der Waals surface area contributed by atoms with Crippen LogP contribution in [0, 0.1) is 24.2 Å². The Kier molecular flexibility index (Phi) is 3.76. The number of rotatable bonds is 3. The zero-order valence-electron chi connectivity index (χ0n) is 14.9. The molecule has 24 heavy (non-hydrogen) atoms. The number of carbonyl (C=O) groups is 1. The summed E-state index contributed by atoms with van der Waals surface area (Å²) in [7, 11) is 0. The lowest BCUT2D eigenvalue weighted by Crippen LogP contribution is -2.61. The SMILES string of the molecule is Cc1cccc(CC2CCC3(C2)CN(C(=O)C2CC(C)(O)C2)C3)c1. The molecule has 0 aromatic heterocycles. The molecule has 3 fully saturated rings. The van der Waals surface area contributed by atoms with Crippen molar-refractivity contribution >= 4 is 5.91 Å². The molecule has 130 valence electrons. The Balaban J connectivity index is 1.28. The van der Waals surface area contributed by atoms with E-state index >= 15 is 0 Å². The highest BCUT2D eigenvalue weighted by Gasteiger charge is 2.52. The van der Waals surface area contributed by atoms with Crippen LogP contribution in [-0.2, 0) is 11.2 Å². The fraction of sp³-hybridized carbons (Fsp3) is 0.667. The minimum Gasteiger partial charge on any atom is -0.390 e. The van der Waals surface area contributed by atoms with Gasteiger partial charge in [-0.25, -0.2) is 0 Å². The van der Waals surface area contributed by atoms with Gasteiger partial charge in [0.25, 0.3) is 0 Å². The molecule has 1 N–H and O–H groups in total. The Morgan fingerprint density at radius 1 is 1.29 bits per heavy atom. The van der Waals surface area contributed by atoms with Gasteiger partial charge in [0, 0.05) is 24.4 Å². The van der Waals surface area contributed by atoms with E-state index in [4.69, 9.17) is 0 Å². The third-order valence-corrected chi connectivity index (χ3v) is 6.50. The highest BCUT2D eigenvalue weighted by Crippen LogP contribution is 2.50. The first-order chi connectivity index (χ1) is 11.3. The molecule has 3 aliphatic rings. The number of aliphatic hydroxyl groups is 1. The number of hydrogen-bond acceptors (Lipinski definition) is 2. The first-order valence-electron chi connectivity index (χ1n) is 9.41. The molecule has 1 unspecified atom stereocenters. The Morgan fingerprint density at radius 2 is 2.04 bits per heavy atom. The topological polar surface area (TPSA) is 40.5 Å². The van der Waals surface area contributed by atoms with Crippen molar-refractivity contribution in [2.75, 3.05) is 13.1 Å². The van der Waals surface area contributed by atoms with Gasteiger partial charge in [-0.05, 0) is 63.9 Å². The molecule has 1 atom stereocenters. The lowest BCUT2D eigenvalue weighted by Gasteiger charge is -2.52. The van der Waals surface area contributed by atoms with Crippen molar-refractivity contribution in [2.45, 2.75) is 58.0 Å². The van der Waals surface area contributed by atoms with E-state index in [9.17, 15) is 9.90 Å². The van der Waals surface area contributed by atoms with Crippen LogP contribution in [0.4, 0.5) is 0 Å². The van der Waals surface area contributed by atoms with Gasteiger partial charge in [-0.1, -0.05) is 29.8 Å². The second-order valence-corrected chi connectivity index (χ2v) is 9.10. The van der Waals surface area contributed by atoms with E-state index in [2.05, 4.69) is 36.1 Å². The van der Waals surface area contributed by atoms with Crippen molar-refractivity contribution < 1.29 is 9.90 Å². The normalized spacial score (nSPS) is 34.0. The van der Waals surface area contributed by atoms with Gasteiger partial charge < -0.3 is 10.0 Å². The Bertz CT molecular complexity index is 637. The van der Waals surface area contributed by atoms with Crippen LogP contribution in [0.2, 0.25) is 0 Å². The molecule has 0 bridgehead atoms. The van der Waals surface area contributed by atoms with E-state index in [0.29, 0.717) is 18.3 Å². The second kappa shape index (κ2) is 5.59. The summed E-state index contributed by atoms with van der Waals surface area (Å²) in [6, 6.07) is 8.88. The first-order valence-corrected chi connectivity index (χ1v) is 9.41. The molecule has 4 rings (SSSR count). The maximum Gasteiger partial charge on any atom is 0.225 e. The maximum absolute atomic E-state index is 12.5. The van der Waals surface area contributed by atoms with Crippen LogP contribution in [0.15, 0.2) is 24.3 Å². The summed E-state index contributed by atoms with van der Waals surface area (Å²) in [6.07, 6.45) is 6.32. The lowest BCUT2D eigenvalue weighted by atomic mass is 9.69. The summed E-state index contributed by atoms with van der Waals surface area (Å²) >= 11 is 0. The molecule has 3 nitrogen and oxygen atoms in total. The number of amides is 1. The fourth-order valence-electron chi connectivity index (χ4n) is 5.31. The Labute approximate surface area is 145 Å². The van der Waals surface area contributed by atoms with E-state index in [0.717, 1.165) is 19.0 Å². The summed E-state index contributed by atoms with van der Waals surface area (Å²) in [5, 5.41) is 9.83. The zero-order chi connectivity index (χ0) is 16.9. The number of nitrogens with zero attached hydrogens (tertiary/aromatic N) is 1. The Hall–Kier alpha value is -1.35. The molecule has 1 aromatic rings. The zero-order valence-corrected chi connectivity index (χ0v) is 14.9. The second-order valence-electron chi connectivity index (χ2n) is 9.10. The third-order valence-electron chi connectivity index (χ3n) is 6.50. The number of hydrogen-bond donors (Lipinski definition) is 1. The largest absolute Gasteiger partial charge is 0.390 e. The number of likely N-dealkylation sites (tertiary alicyclic amines) is 1. The molecule has 1 heterocycles. The highest BCUT2D eigenvalue weighted by atomic mass is 16.3. The minimum absolute atomic E-state index is 0.0712. The number of aryl methyl sites for hydroxylation is 1. The summed E-state index contributed by atoms with van der Waals surface area (Å²) in [4.78, 5) is 14.5. The molecule has 2 saturated carbocycles. The van der Waals surface area contributed by atoms with E-state index in [-0.39, 0.29) is 11.8 Å². The molecular formula is C21H29NO2. The summed E-state index contributed by atoms with van der Waals surface area (Å²) in [5.41, 5.74) is 2.60. The van der Waals surface area contributed by atoms with Crippen molar-refractivity contribution in [2.24, 2.45) is 17.3 Å². The Morgan fingerprint density at radius 3 is 2.71 bits per heavy atom. The lowest BCUT2D eigenvalue weighted by molar-refractivity contribution is -0.161. The van der Waals surface area contributed by atoms with Crippen LogP contribution < -0.4 is 0 Å². The van der Waals surface area contributed by atoms with Crippen LogP contribution >= 0.6 is 0 Å². The maximum atomic E-state index is 12.5. The van der Waals surface area contributed by atoms with E-state index in [1.165, 1.54) is 36.8 Å². The molecule has 2 aliphatic carbocycles. The van der Waals surface area contributed by atoms with Crippen LogP contribution in [0.25, 0.3) is 0 Å². The smallest absolute Gasteiger partial charge is 0.225 e. The van der Waals surface area contributed by atoms with Gasteiger partial charge in [0.1, 0.15) is 0 Å². The average molecular weight is 327 g/mol.